The van der Waals surface area contributed by atoms with Gasteiger partial charge in [-0.2, -0.15) is 0 Å². The lowest BCUT2D eigenvalue weighted by Crippen LogP contribution is -2.42. The molecule has 0 saturated carbocycles. The smallest absolute Gasteiger partial charge is 0.245 e. The lowest BCUT2D eigenvalue weighted by atomic mass is 10.2. The van der Waals surface area contributed by atoms with Gasteiger partial charge in [-0.25, -0.2) is 15.0 Å². The number of nitrogens with one attached hydrogen (secondary N) is 2. The molecule has 0 fully saturated rings. The average Bonchev–Trinajstić information content (AvgIpc) is 3.42. The Labute approximate surface area is 160 Å². The van der Waals surface area contributed by atoms with E-state index in [0.717, 1.165) is 5.56 Å². The van der Waals surface area contributed by atoms with Gasteiger partial charge in [0.15, 0.2) is 11.5 Å². The molecule has 3 heterocycles. The number of aliphatic hydroxyl groups excluding tert-OH is 1. The summed E-state index contributed by atoms with van der Waals surface area (Å²) in [5, 5.41) is 15.3. The molecule has 0 saturated heterocycles. The lowest BCUT2D eigenvalue weighted by Gasteiger charge is -2.17. The highest BCUT2D eigenvalue weighted by molar-refractivity contribution is 5.84. The van der Waals surface area contributed by atoms with Gasteiger partial charge in [-0.1, -0.05) is 6.07 Å². The van der Waals surface area contributed by atoms with Gasteiger partial charge < -0.3 is 25.2 Å². The second kappa shape index (κ2) is 7.92. The van der Waals surface area contributed by atoms with Crippen molar-refractivity contribution in [1.29, 1.82) is 0 Å². The zero-order valence-corrected chi connectivity index (χ0v) is 14.8. The third kappa shape index (κ3) is 3.86. The fourth-order valence-corrected chi connectivity index (χ4v) is 2.70. The fraction of sp³-hybridized carbons (Fsp3) is 0.222. The number of nitrogens with zero attached hydrogens (tertiary/aromatic N) is 4. The zero-order valence-electron chi connectivity index (χ0n) is 14.8. The fourth-order valence-electron chi connectivity index (χ4n) is 2.70. The van der Waals surface area contributed by atoms with E-state index in [0.29, 0.717) is 23.1 Å². The third-order valence-electron chi connectivity index (χ3n) is 4.15. The topological polar surface area (TPSA) is 123 Å². The Morgan fingerprint density at radius 3 is 2.96 bits per heavy atom. The molecule has 1 atom stereocenters. The van der Waals surface area contributed by atoms with Gasteiger partial charge in [0.05, 0.1) is 6.61 Å². The van der Waals surface area contributed by atoms with E-state index >= 15 is 0 Å². The molecule has 1 aliphatic rings. The predicted octanol–water partition coefficient (Wildman–Crippen LogP) is 0.480. The van der Waals surface area contributed by atoms with Gasteiger partial charge in [0.25, 0.3) is 0 Å². The standard InChI is InChI=1S/C18H18N6O4/c25-8-13(23-16-6-17(22-9-21-16)24-4-3-19-10-24)18(26)20-7-12-1-2-14-15(5-12)28-11-27-14/h1-6,9-10,13,25H,7-8,11H2,(H,20,26)(H,21,22,23). The van der Waals surface area contributed by atoms with Gasteiger partial charge in [0.2, 0.25) is 12.7 Å². The van der Waals surface area contributed by atoms with Gasteiger partial charge in [-0.15, -0.1) is 0 Å². The van der Waals surface area contributed by atoms with Crippen LogP contribution in [0, 0.1) is 0 Å². The summed E-state index contributed by atoms with van der Waals surface area (Å²) >= 11 is 0. The van der Waals surface area contributed by atoms with E-state index in [1.165, 1.54) is 6.33 Å². The number of anilines is 1. The molecule has 144 valence electrons. The molecule has 1 aromatic carbocycles. The number of aliphatic hydroxyl groups is 1. The summed E-state index contributed by atoms with van der Waals surface area (Å²) in [6.45, 7) is 0.0940. The van der Waals surface area contributed by atoms with Crippen molar-refractivity contribution >= 4 is 11.7 Å². The van der Waals surface area contributed by atoms with Crippen molar-refractivity contribution in [3.63, 3.8) is 0 Å². The number of carbonyl (C=O) groups excluding carboxylic acids is 1. The summed E-state index contributed by atoms with van der Waals surface area (Å²) in [6.07, 6.45) is 6.35. The van der Waals surface area contributed by atoms with Crippen LogP contribution in [0.15, 0.2) is 49.3 Å². The van der Waals surface area contributed by atoms with Gasteiger partial charge in [-0.05, 0) is 17.7 Å². The number of benzene rings is 1. The Morgan fingerprint density at radius 2 is 2.14 bits per heavy atom. The van der Waals surface area contributed by atoms with Gasteiger partial charge >= 0.3 is 0 Å². The largest absolute Gasteiger partial charge is 0.454 e. The summed E-state index contributed by atoms with van der Waals surface area (Å²) in [7, 11) is 0. The molecule has 3 N–H and O–H groups in total. The predicted molar refractivity (Wildman–Crippen MR) is 98.1 cm³/mol. The van der Waals surface area contributed by atoms with Gasteiger partial charge in [0.1, 0.15) is 30.3 Å². The Balaban J connectivity index is 1.38. The number of carbonyl (C=O) groups is 1. The second-order valence-corrected chi connectivity index (χ2v) is 6.02. The van der Waals surface area contributed by atoms with Gasteiger partial charge in [0, 0.05) is 25.0 Å². The zero-order chi connectivity index (χ0) is 19.3. The minimum Gasteiger partial charge on any atom is -0.454 e. The summed E-state index contributed by atoms with van der Waals surface area (Å²) in [5.41, 5.74) is 0.860. The summed E-state index contributed by atoms with van der Waals surface area (Å²) in [4.78, 5) is 24.7. The third-order valence-corrected chi connectivity index (χ3v) is 4.15. The lowest BCUT2D eigenvalue weighted by molar-refractivity contribution is -0.122. The number of hydrogen-bond donors (Lipinski definition) is 3. The maximum absolute atomic E-state index is 12.5. The first-order chi connectivity index (χ1) is 13.7. The minimum absolute atomic E-state index is 0.196. The Hall–Kier alpha value is -3.66. The second-order valence-electron chi connectivity index (χ2n) is 6.02. The van der Waals surface area contributed by atoms with Crippen LogP contribution in [0.3, 0.4) is 0 Å². The molecule has 3 aromatic rings. The van der Waals surface area contributed by atoms with E-state index in [9.17, 15) is 9.90 Å². The molecule has 0 bridgehead atoms. The van der Waals surface area contributed by atoms with E-state index in [2.05, 4.69) is 25.6 Å². The molecule has 10 nitrogen and oxygen atoms in total. The van der Waals surface area contributed by atoms with Crippen molar-refractivity contribution in [2.24, 2.45) is 0 Å². The van der Waals surface area contributed by atoms with Crippen LogP contribution in [0.25, 0.3) is 5.82 Å². The van der Waals surface area contributed by atoms with Crippen LogP contribution in [0.2, 0.25) is 0 Å². The number of hydrogen-bond acceptors (Lipinski definition) is 8. The number of ether oxygens (including phenoxy) is 2. The molecule has 10 heteroatoms. The van der Waals surface area contributed by atoms with E-state index in [-0.39, 0.29) is 19.2 Å². The molecule has 2 aromatic heterocycles. The summed E-state index contributed by atoms with van der Waals surface area (Å²) < 4.78 is 12.3. The number of amides is 1. The quantitative estimate of drug-likeness (QED) is 0.539. The van der Waals surface area contributed by atoms with Gasteiger partial charge in [-0.3, -0.25) is 9.36 Å². The van der Waals surface area contributed by atoms with Crippen LogP contribution in [0.1, 0.15) is 5.56 Å². The average molecular weight is 382 g/mol. The highest BCUT2D eigenvalue weighted by Crippen LogP contribution is 2.32. The van der Waals surface area contributed by atoms with E-state index < -0.39 is 12.6 Å². The maximum atomic E-state index is 12.5. The number of imidazole rings is 1. The highest BCUT2D eigenvalue weighted by Gasteiger charge is 2.19. The minimum atomic E-state index is -0.862. The monoisotopic (exact) mass is 382 g/mol. The van der Waals surface area contributed by atoms with Crippen molar-refractivity contribution < 1.29 is 19.4 Å². The number of rotatable bonds is 7. The normalized spacial score (nSPS) is 13.2. The summed E-state index contributed by atoms with van der Waals surface area (Å²) in [6, 6.07) is 6.25. The van der Waals surface area contributed by atoms with Crippen LogP contribution in [0.5, 0.6) is 11.5 Å². The maximum Gasteiger partial charge on any atom is 0.245 e. The Morgan fingerprint density at radius 1 is 1.25 bits per heavy atom. The first-order valence-corrected chi connectivity index (χ1v) is 8.57. The van der Waals surface area contributed by atoms with Crippen LogP contribution < -0.4 is 20.1 Å². The number of aromatic nitrogens is 4. The molecule has 28 heavy (non-hydrogen) atoms. The van der Waals surface area contributed by atoms with Crippen molar-refractivity contribution in [2.75, 3.05) is 18.7 Å². The molecule has 0 spiro atoms. The van der Waals surface area contributed by atoms with E-state index in [4.69, 9.17) is 9.47 Å². The molecule has 1 amide bonds. The Bertz CT molecular complexity index is 962. The molecule has 0 aliphatic carbocycles. The van der Waals surface area contributed by atoms with Crippen molar-refractivity contribution in [2.45, 2.75) is 12.6 Å². The Kier molecular flexibility index (Phi) is 5.02. The first-order valence-electron chi connectivity index (χ1n) is 8.57. The number of fused-ring (bicyclic) bond motifs is 1. The van der Waals surface area contributed by atoms with Crippen molar-refractivity contribution in [3.8, 4) is 17.3 Å². The first kappa shape index (κ1) is 17.7. The molecule has 4 rings (SSSR count). The van der Waals surface area contributed by atoms with E-state index in [1.54, 1.807) is 35.4 Å². The van der Waals surface area contributed by atoms with E-state index in [1.807, 2.05) is 12.1 Å². The molecule has 1 unspecified atom stereocenters. The molecular weight excluding hydrogens is 364 g/mol. The van der Waals surface area contributed by atoms with Crippen LogP contribution in [-0.4, -0.2) is 50.0 Å². The molecule has 1 aliphatic heterocycles. The van der Waals surface area contributed by atoms with Crippen LogP contribution in [-0.2, 0) is 11.3 Å². The SMILES string of the molecule is O=C(NCc1ccc2c(c1)OCO2)C(CO)Nc1cc(-n2ccnc2)ncn1. The highest BCUT2D eigenvalue weighted by atomic mass is 16.7. The van der Waals surface area contributed by atoms with Crippen LogP contribution in [0.4, 0.5) is 5.82 Å². The molecule has 0 radical (unpaired) electrons. The van der Waals surface area contributed by atoms with Crippen molar-refractivity contribution in [3.05, 3.63) is 54.9 Å². The van der Waals surface area contributed by atoms with Crippen molar-refractivity contribution in [1.82, 2.24) is 24.8 Å². The summed E-state index contributed by atoms with van der Waals surface area (Å²) in [5.74, 6) is 1.98. The molecular formula is C18H18N6O4. The van der Waals surface area contributed by atoms with Crippen LogP contribution >= 0.6 is 0 Å².